The summed E-state index contributed by atoms with van der Waals surface area (Å²) in [4.78, 5) is 12.6. The molecule has 4 heteroatoms. The Balaban J connectivity index is 2.43. The molecule has 1 fully saturated rings. The second-order valence-electron chi connectivity index (χ2n) is 2.79. The highest BCUT2D eigenvalue weighted by atomic mass is 35.5. The van der Waals surface area contributed by atoms with E-state index in [9.17, 15) is 9.18 Å². The lowest BCUT2D eigenvalue weighted by molar-refractivity contribution is -0.129. The van der Waals surface area contributed by atoms with Gasteiger partial charge in [-0.3, -0.25) is 4.79 Å². The number of rotatable bonds is 1. The normalized spacial score (nSPS) is 27.2. The number of hydrogen-bond donors (Lipinski definition) is 0. The fraction of sp³-hybridized carbons (Fsp3) is 0.857. The molecule has 1 saturated heterocycles. The Kier molecular flexibility index (Phi) is 2.71. The smallest absolute Gasteiger partial charge is 0.240 e. The van der Waals surface area contributed by atoms with Gasteiger partial charge in [-0.1, -0.05) is 0 Å². The second-order valence-corrected chi connectivity index (χ2v) is 3.44. The first-order chi connectivity index (χ1) is 5.11. The summed E-state index contributed by atoms with van der Waals surface area (Å²) in [5.74, 6) is -0.160. The summed E-state index contributed by atoms with van der Waals surface area (Å²) < 4.78 is 12.6. The molecular formula is C7H11ClFNO. The number of amides is 1. The molecule has 0 aromatic rings. The quantitative estimate of drug-likeness (QED) is 0.554. The Hall–Kier alpha value is -0.310. The standard InChI is InChI=1S/C7H11ClFNO/c1-5(8)7(11)10-3-2-6(9)4-10/h5-6H,2-4H2,1H3/t5-,6+/m0/s1. The molecule has 64 valence electrons. The van der Waals surface area contributed by atoms with Gasteiger partial charge in [0.05, 0.1) is 6.54 Å². The average Bonchev–Trinajstić information content (AvgIpc) is 2.34. The third kappa shape index (κ3) is 2.06. The number of nitrogens with zero attached hydrogens (tertiary/aromatic N) is 1. The van der Waals surface area contributed by atoms with Crippen LogP contribution in [0.3, 0.4) is 0 Å². The van der Waals surface area contributed by atoms with E-state index in [4.69, 9.17) is 11.6 Å². The van der Waals surface area contributed by atoms with Crippen LogP contribution in [0.5, 0.6) is 0 Å². The molecule has 0 bridgehead atoms. The predicted molar refractivity (Wildman–Crippen MR) is 41.4 cm³/mol. The summed E-state index contributed by atoms with van der Waals surface area (Å²) in [6.45, 7) is 2.34. The number of hydrogen-bond acceptors (Lipinski definition) is 1. The maximum Gasteiger partial charge on any atom is 0.240 e. The van der Waals surface area contributed by atoms with Gasteiger partial charge in [0.1, 0.15) is 11.5 Å². The molecule has 0 saturated carbocycles. The largest absolute Gasteiger partial charge is 0.338 e. The fourth-order valence-corrected chi connectivity index (χ4v) is 1.31. The van der Waals surface area contributed by atoms with Gasteiger partial charge in [0, 0.05) is 6.54 Å². The summed E-state index contributed by atoms with van der Waals surface area (Å²) in [6.07, 6.45) is -0.399. The van der Waals surface area contributed by atoms with Crippen molar-refractivity contribution in [2.24, 2.45) is 0 Å². The first kappa shape index (κ1) is 8.78. The topological polar surface area (TPSA) is 20.3 Å². The summed E-state index contributed by atoms with van der Waals surface area (Å²) in [6, 6.07) is 0. The molecule has 0 aromatic carbocycles. The fourth-order valence-electron chi connectivity index (χ4n) is 1.17. The van der Waals surface area contributed by atoms with Gasteiger partial charge in [-0.15, -0.1) is 11.6 Å². The number of carbonyl (C=O) groups is 1. The molecule has 2 nitrogen and oxygen atoms in total. The van der Waals surface area contributed by atoms with Crippen LogP contribution in [0.2, 0.25) is 0 Å². The van der Waals surface area contributed by atoms with Crippen LogP contribution in [0.15, 0.2) is 0 Å². The minimum absolute atomic E-state index is 0.160. The summed E-state index contributed by atoms with van der Waals surface area (Å²) in [7, 11) is 0. The Bertz CT molecular complexity index is 163. The van der Waals surface area contributed by atoms with E-state index in [1.807, 2.05) is 0 Å². The first-order valence-corrected chi connectivity index (χ1v) is 4.12. The van der Waals surface area contributed by atoms with E-state index in [2.05, 4.69) is 0 Å². The molecular weight excluding hydrogens is 169 g/mol. The minimum Gasteiger partial charge on any atom is -0.338 e. The molecule has 1 aliphatic heterocycles. The molecule has 0 aromatic heterocycles. The van der Waals surface area contributed by atoms with Gasteiger partial charge < -0.3 is 4.90 Å². The molecule has 0 unspecified atom stereocenters. The lowest BCUT2D eigenvalue weighted by Gasteiger charge is -2.15. The zero-order chi connectivity index (χ0) is 8.43. The van der Waals surface area contributed by atoms with Crippen LogP contribution in [0.25, 0.3) is 0 Å². The first-order valence-electron chi connectivity index (χ1n) is 3.68. The molecule has 1 aliphatic rings. The summed E-state index contributed by atoms with van der Waals surface area (Å²) in [5.41, 5.74) is 0. The Morgan fingerprint density at radius 1 is 1.82 bits per heavy atom. The van der Waals surface area contributed by atoms with Crippen molar-refractivity contribution in [3.05, 3.63) is 0 Å². The van der Waals surface area contributed by atoms with Crippen molar-refractivity contribution < 1.29 is 9.18 Å². The SMILES string of the molecule is C[C@H](Cl)C(=O)N1CC[C@@H](F)C1. The zero-order valence-electron chi connectivity index (χ0n) is 6.39. The van der Waals surface area contributed by atoms with Crippen molar-refractivity contribution in [2.75, 3.05) is 13.1 Å². The van der Waals surface area contributed by atoms with Gasteiger partial charge in [0.2, 0.25) is 5.91 Å². The van der Waals surface area contributed by atoms with Gasteiger partial charge in [-0.2, -0.15) is 0 Å². The van der Waals surface area contributed by atoms with Crippen molar-refractivity contribution in [3.8, 4) is 0 Å². The molecule has 0 N–H and O–H groups in total. The monoisotopic (exact) mass is 179 g/mol. The lowest BCUT2D eigenvalue weighted by atomic mass is 10.3. The van der Waals surface area contributed by atoms with E-state index in [-0.39, 0.29) is 12.5 Å². The molecule has 11 heavy (non-hydrogen) atoms. The van der Waals surface area contributed by atoms with Crippen LogP contribution in [0.4, 0.5) is 4.39 Å². The van der Waals surface area contributed by atoms with Crippen LogP contribution in [-0.4, -0.2) is 35.4 Å². The van der Waals surface area contributed by atoms with Crippen LogP contribution in [0, 0.1) is 0 Å². The highest BCUT2D eigenvalue weighted by molar-refractivity contribution is 6.30. The second kappa shape index (κ2) is 3.39. The summed E-state index contributed by atoms with van der Waals surface area (Å²) >= 11 is 5.54. The number of halogens is 2. The highest BCUT2D eigenvalue weighted by Crippen LogP contribution is 2.14. The van der Waals surface area contributed by atoms with Crippen molar-refractivity contribution in [3.63, 3.8) is 0 Å². The van der Waals surface area contributed by atoms with Crippen LogP contribution < -0.4 is 0 Å². The Labute approximate surface area is 70.3 Å². The summed E-state index contributed by atoms with van der Waals surface area (Å²) in [5, 5.41) is -0.528. The average molecular weight is 180 g/mol. The van der Waals surface area contributed by atoms with Crippen molar-refractivity contribution >= 4 is 17.5 Å². The number of carbonyl (C=O) groups excluding carboxylic acids is 1. The Morgan fingerprint density at radius 3 is 2.82 bits per heavy atom. The van der Waals surface area contributed by atoms with Crippen molar-refractivity contribution in [2.45, 2.75) is 24.9 Å². The van der Waals surface area contributed by atoms with Crippen LogP contribution >= 0.6 is 11.6 Å². The zero-order valence-corrected chi connectivity index (χ0v) is 7.14. The third-order valence-corrected chi connectivity index (χ3v) is 1.97. The van der Waals surface area contributed by atoms with E-state index >= 15 is 0 Å². The maximum atomic E-state index is 12.6. The van der Waals surface area contributed by atoms with Crippen LogP contribution in [0.1, 0.15) is 13.3 Å². The van der Waals surface area contributed by atoms with E-state index < -0.39 is 11.5 Å². The Morgan fingerprint density at radius 2 is 2.45 bits per heavy atom. The number of likely N-dealkylation sites (tertiary alicyclic amines) is 1. The van der Waals surface area contributed by atoms with Crippen LogP contribution in [-0.2, 0) is 4.79 Å². The minimum atomic E-state index is -0.852. The maximum absolute atomic E-state index is 12.6. The molecule has 2 atom stereocenters. The molecule has 1 amide bonds. The van der Waals surface area contributed by atoms with Gasteiger partial charge >= 0.3 is 0 Å². The van der Waals surface area contributed by atoms with E-state index in [1.54, 1.807) is 6.92 Å². The van der Waals surface area contributed by atoms with Gasteiger partial charge in [0.15, 0.2) is 0 Å². The molecule has 0 aliphatic carbocycles. The van der Waals surface area contributed by atoms with Crippen molar-refractivity contribution in [1.29, 1.82) is 0 Å². The molecule has 1 rings (SSSR count). The molecule has 0 spiro atoms. The van der Waals surface area contributed by atoms with E-state index in [0.29, 0.717) is 13.0 Å². The van der Waals surface area contributed by atoms with Gasteiger partial charge in [0.25, 0.3) is 0 Å². The predicted octanol–water partition coefficient (Wildman–Crippen LogP) is 1.18. The molecule has 0 radical (unpaired) electrons. The lowest BCUT2D eigenvalue weighted by Crippen LogP contribution is -2.33. The molecule has 1 heterocycles. The third-order valence-electron chi connectivity index (χ3n) is 1.78. The van der Waals surface area contributed by atoms with Gasteiger partial charge in [-0.05, 0) is 13.3 Å². The van der Waals surface area contributed by atoms with E-state index in [0.717, 1.165) is 0 Å². The highest BCUT2D eigenvalue weighted by Gasteiger charge is 2.27. The van der Waals surface area contributed by atoms with E-state index in [1.165, 1.54) is 4.90 Å². The van der Waals surface area contributed by atoms with Gasteiger partial charge in [-0.25, -0.2) is 4.39 Å². The number of alkyl halides is 2. The van der Waals surface area contributed by atoms with Crippen molar-refractivity contribution in [1.82, 2.24) is 4.90 Å².